The molecule has 7 nitrogen and oxygen atoms in total. The second kappa shape index (κ2) is 8.67. The molecule has 1 fully saturated rings. The van der Waals surface area contributed by atoms with E-state index in [-0.39, 0.29) is 18.0 Å². The Morgan fingerprint density at radius 3 is 2.70 bits per heavy atom. The molecule has 0 aliphatic carbocycles. The van der Waals surface area contributed by atoms with Crippen molar-refractivity contribution >= 4 is 5.91 Å². The first-order valence-corrected chi connectivity index (χ1v) is 10.2. The standard InChI is InChI=1S/C23H27N5O2/c1-15-11-17(9-10-21(15)30-3)13-28-14-19(12-20(28)22-24-16(2)26-27-22)25-23(29)18-7-5-4-6-8-18/h4-11,19-20H,12-14H2,1-3H3,(H,25,29)(H,24,26,27)/t19-,20-/m0/s1. The third kappa shape index (κ3) is 4.36. The topological polar surface area (TPSA) is 83.1 Å². The van der Waals surface area contributed by atoms with Crippen LogP contribution in [0.5, 0.6) is 5.75 Å². The molecular formula is C23H27N5O2. The lowest BCUT2D eigenvalue weighted by molar-refractivity contribution is 0.0937. The molecule has 4 rings (SSSR count). The summed E-state index contributed by atoms with van der Waals surface area (Å²) < 4.78 is 5.38. The molecule has 1 aliphatic rings. The summed E-state index contributed by atoms with van der Waals surface area (Å²) in [4.78, 5) is 19.5. The number of amides is 1. The van der Waals surface area contributed by atoms with Gasteiger partial charge in [0.1, 0.15) is 11.6 Å². The Morgan fingerprint density at radius 1 is 1.23 bits per heavy atom. The third-order valence-corrected chi connectivity index (χ3v) is 5.53. The van der Waals surface area contributed by atoms with Gasteiger partial charge in [-0.2, -0.15) is 5.10 Å². The molecule has 1 saturated heterocycles. The van der Waals surface area contributed by atoms with Crippen molar-refractivity contribution in [3.8, 4) is 5.75 Å². The number of benzene rings is 2. The van der Waals surface area contributed by atoms with E-state index in [0.29, 0.717) is 5.56 Å². The second-order valence-corrected chi connectivity index (χ2v) is 7.80. The smallest absolute Gasteiger partial charge is 0.251 e. The molecule has 2 heterocycles. The Morgan fingerprint density at radius 2 is 2.03 bits per heavy atom. The highest BCUT2D eigenvalue weighted by atomic mass is 16.5. The SMILES string of the molecule is COc1ccc(CN2C[C@@H](NC(=O)c3ccccc3)C[C@H]2c2n[nH]c(C)n2)cc1C. The number of nitrogens with one attached hydrogen (secondary N) is 2. The summed E-state index contributed by atoms with van der Waals surface area (Å²) in [5.41, 5.74) is 2.97. The van der Waals surface area contributed by atoms with Gasteiger partial charge in [0.2, 0.25) is 0 Å². The number of aromatic nitrogens is 3. The summed E-state index contributed by atoms with van der Waals surface area (Å²) in [5.74, 6) is 2.40. The van der Waals surface area contributed by atoms with Gasteiger partial charge in [0.25, 0.3) is 5.91 Å². The van der Waals surface area contributed by atoms with E-state index in [2.05, 4.69) is 37.5 Å². The Hall–Kier alpha value is -3.19. The highest BCUT2D eigenvalue weighted by Crippen LogP contribution is 2.32. The van der Waals surface area contributed by atoms with Crippen molar-refractivity contribution in [3.63, 3.8) is 0 Å². The molecule has 1 amide bonds. The molecular weight excluding hydrogens is 378 g/mol. The van der Waals surface area contributed by atoms with E-state index in [1.807, 2.05) is 50.2 Å². The Balaban J connectivity index is 1.52. The lowest BCUT2D eigenvalue weighted by Crippen LogP contribution is -2.37. The molecule has 30 heavy (non-hydrogen) atoms. The van der Waals surface area contributed by atoms with Crippen LogP contribution < -0.4 is 10.1 Å². The van der Waals surface area contributed by atoms with E-state index in [1.54, 1.807) is 7.11 Å². The van der Waals surface area contributed by atoms with Crippen LogP contribution in [0.2, 0.25) is 0 Å². The number of aromatic amines is 1. The molecule has 2 atom stereocenters. The number of H-pyrrole nitrogens is 1. The quantitative estimate of drug-likeness (QED) is 0.658. The fraction of sp³-hybridized carbons (Fsp3) is 0.348. The molecule has 3 aromatic rings. The summed E-state index contributed by atoms with van der Waals surface area (Å²) in [6.07, 6.45) is 0.769. The molecule has 1 aliphatic heterocycles. The number of hydrogen-bond donors (Lipinski definition) is 2. The zero-order chi connectivity index (χ0) is 21.1. The lowest BCUT2D eigenvalue weighted by atomic mass is 10.1. The molecule has 0 saturated carbocycles. The Labute approximate surface area is 176 Å². The average molecular weight is 406 g/mol. The average Bonchev–Trinajstić information content (AvgIpc) is 3.34. The van der Waals surface area contributed by atoms with Gasteiger partial charge < -0.3 is 10.1 Å². The van der Waals surface area contributed by atoms with Crippen LogP contribution in [0, 0.1) is 13.8 Å². The van der Waals surface area contributed by atoms with Crippen LogP contribution >= 0.6 is 0 Å². The summed E-state index contributed by atoms with van der Waals surface area (Å²) in [5, 5.41) is 10.5. The number of ether oxygens (including phenoxy) is 1. The van der Waals surface area contributed by atoms with Gasteiger partial charge in [-0.25, -0.2) is 4.98 Å². The number of nitrogens with zero attached hydrogens (tertiary/aromatic N) is 3. The number of carbonyl (C=O) groups is 1. The molecule has 0 unspecified atom stereocenters. The summed E-state index contributed by atoms with van der Waals surface area (Å²) in [6.45, 7) is 5.44. The van der Waals surface area contributed by atoms with Gasteiger partial charge in [0.15, 0.2) is 5.82 Å². The minimum absolute atomic E-state index is 0.0286. The first-order chi connectivity index (χ1) is 14.5. The third-order valence-electron chi connectivity index (χ3n) is 5.53. The molecule has 0 bridgehead atoms. The van der Waals surface area contributed by atoms with Crippen molar-refractivity contribution in [2.45, 2.75) is 38.9 Å². The molecule has 0 spiro atoms. The summed E-state index contributed by atoms with van der Waals surface area (Å²) >= 11 is 0. The van der Waals surface area contributed by atoms with Crippen LogP contribution in [-0.2, 0) is 6.54 Å². The van der Waals surface area contributed by atoms with Gasteiger partial charge in [0.05, 0.1) is 13.2 Å². The largest absolute Gasteiger partial charge is 0.496 e. The fourth-order valence-corrected chi connectivity index (χ4v) is 4.09. The predicted molar refractivity (Wildman–Crippen MR) is 114 cm³/mol. The summed E-state index contributed by atoms with van der Waals surface area (Å²) in [6, 6.07) is 15.6. The first-order valence-electron chi connectivity index (χ1n) is 10.2. The number of rotatable bonds is 6. The van der Waals surface area contributed by atoms with E-state index >= 15 is 0 Å². The van der Waals surface area contributed by atoms with Crippen LogP contribution in [0.1, 0.15) is 45.6 Å². The maximum Gasteiger partial charge on any atom is 0.251 e. The zero-order valence-electron chi connectivity index (χ0n) is 17.6. The van der Waals surface area contributed by atoms with Crippen LogP contribution in [-0.4, -0.2) is 45.7 Å². The Kier molecular flexibility index (Phi) is 5.81. The van der Waals surface area contributed by atoms with Crippen molar-refractivity contribution in [1.29, 1.82) is 0 Å². The van der Waals surface area contributed by atoms with Gasteiger partial charge in [-0.1, -0.05) is 30.3 Å². The normalized spacial score (nSPS) is 19.0. The monoisotopic (exact) mass is 405 g/mol. The second-order valence-electron chi connectivity index (χ2n) is 7.80. The highest BCUT2D eigenvalue weighted by Gasteiger charge is 2.36. The van der Waals surface area contributed by atoms with Gasteiger partial charge in [-0.15, -0.1) is 0 Å². The van der Waals surface area contributed by atoms with Crippen molar-refractivity contribution in [2.75, 3.05) is 13.7 Å². The summed E-state index contributed by atoms with van der Waals surface area (Å²) in [7, 11) is 1.68. The molecule has 2 aromatic carbocycles. The van der Waals surface area contributed by atoms with Crippen LogP contribution in [0.3, 0.4) is 0 Å². The van der Waals surface area contributed by atoms with Crippen molar-refractivity contribution in [1.82, 2.24) is 25.4 Å². The number of hydrogen-bond acceptors (Lipinski definition) is 5. The van der Waals surface area contributed by atoms with Crippen LogP contribution in [0.25, 0.3) is 0 Å². The molecule has 156 valence electrons. The van der Waals surface area contributed by atoms with Gasteiger partial charge in [-0.05, 0) is 49.6 Å². The highest BCUT2D eigenvalue weighted by molar-refractivity contribution is 5.94. The van der Waals surface area contributed by atoms with Crippen molar-refractivity contribution < 1.29 is 9.53 Å². The van der Waals surface area contributed by atoms with Gasteiger partial charge >= 0.3 is 0 Å². The van der Waals surface area contributed by atoms with Crippen LogP contribution in [0.4, 0.5) is 0 Å². The van der Waals surface area contributed by atoms with Gasteiger partial charge in [0, 0.05) is 24.7 Å². The lowest BCUT2D eigenvalue weighted by Gasteiger charge is -2.22. The van der Waals surface area contributed by atoms with E-state index in [1.165, 1.54) is 5.56 Å². The number of carbonyl (C=O) groups excluding carboxylic acids is 1. The maximum atomic E-state index is 12.6. The number of methoxy groups -OCH3 is 1. The maximum absolute atomic E-state index is 12.6. The minimum Gasteiger partial charge on any atom is -0.496 e. The minimum atomic E-state index is -0.0485. The number of aryl methyl sites for hydroxylation is 2. The van der Waals surface area contributed by atoms with Gasteiger partial charge in [-0.3, -0.25) is 14.8 Å². The molecule has 1 aromatic heterocycles. The van der Waals surface area contributed by atoms with E-state index < -0.39 is 0 Å². The zero-order valence-corrected chi connectivity index (χ0v) is 17.6. The molecule has 0 radical (unpaired) electrons. The van der Waals surface area contributed by atoms with Crippen molar-refractivity contribution in [3.05, 3.63) is 76.9 Å². The fourth-order valence-electron chi connectivity index (χ4n) is 4.09. The first kappa shape index (κ1) is 20.1. The predicted octanol–water partition coefficient (Wildman–Crippen LogP) is 3.18. The van der Waals surface area contributed by atoms with E-state index in [9.17, 15) is 4.79 Å². The number of likely N-dealkylation sites (tertiary alicyclic amines) is 1. The van der Waals surface area contributed by atoms with E-state index in [0.717, 1.165) is 42.5 Å². The molecule has 7 heteroatoms. The molecule has 2 N–H and O–H groups in total. The van der Waals surface area contributed by atoms with Crippen LogP contribution in [0.15, 0.2) is 48.5 Å². The van der Waals surface area contributed by atoms with E-state index in [4.69, 9.17) is 4.74 Å². The Bertz CT molecular complexity index is 1020. The van der Waals surface area contributed by atoms with Crippen molar-refractivity contribution in [2.24, 2.45) is 0 Å².